The predicted octanol–water partition coefficient (Wildman–Crippen LogP) is 2.42. The lowest BCUT2D eigenvalue weighted by molar-refractivity contribution is 0.0995. The van der Waals surface area contributed by atoms with E-state index in [0.717, 1.165) is 9.90 Å². The number of aryl methyl sites for hydroxylation is 1. The van der Waals surface area contributed by atoms with Crippen molar-refractivity contribution in [2.24, 2.45) is 5.73 Å². The molecule has 0 fully saturated rings. The topological polar surface area (TPSA) is 109 Å². The molecular weight excluding hydrogens is 320 g/mol. The van der Waals surface area contributed by atoms with Gasteiger partial charge in [0.05, 0.1) is 21.7 Å². The van der Waals surface area contributed by atoms with E-state index in [1.807, 2.05) is 6.92 Å². The zero-order valence-electron chi connectivity index (χ0n) is 11.6. The number of aromatic nitrogens is 1. The van der Waals surface area contributed by atoms with E-state index in [1.165, 1.54) is 47.4 Å². The third-order valence-electron chi connectivity index (χ3n) is 2.67. The van der Waals surface area contributed by atoms with Crippen LogP contribution in [0.15, 0.2) is 28.5 Å². The number of thiazole rings is 1. The fraction of sp³-hybridized carbons (Fsp3) is 0.143. The van der Waals surface area contributed by atoms with E-state index in [9.17, 15) is 9.59 Å². The second kappa shape index (κ2) is 7.06. The summed E-state index contributed by atoms with van der Waals surface area (Å²) in [4.78, 5) is 27.4. The van der Waals surface area contributed by atoms with Gasteiger partial charge < -0.3 is 5.73 Å². The number of rotatable bonds is 5. The number of nitrogens with one attached hydrogen (secondary N) is 1. The Morgan fingerprint density at radius 3 is 2.59 bits per heavy atom. The average Bonchev–Trinajstić information content (AvgIpc) is 2.84. The highest BCUT2D eigenvalue weighted by Crippen LogP contribution is 2.31. The lowest BCUT2D eigenvalue weighted by atomic mass is 10.1. The molecule has 2 aromatic rings. The first kappa shape index (κ1) is 16.0. The monoisotopic (exact) mass is 332 g/mol. The van der Waals surface area contributed by atoms with Crippen LogP contribution in [0.5, 0.6) is 0 Å². The highest BCUT2D eigenvalue weighted by Gasteiger charge is 2.12. The third kappa shape index (κ3) is 3.84. The normalized spacial score (nSPS) is 10.0. The zero-order chi connectivity index (χ0) is 16.1. The summed E-state index contributed by atoms with van der Waals surface area (Å²) in [7, 11) is 0. The van der Waals surface area contributed by atoms with Gasteiger partial charge in [-0.3, -0.25) is 14.9 Å². The molecule has 0 saturated carbocycles. The van der Waals surface area contributed by atoms with Crippen LogP contribution in [0.1, 0.15) is 26.4 Å². The van der Waals surface area contributed by atoms with Crippen molar-refractivity contribution < 1.29 is 9.59 Å². The van der Waals surface area contributed by atoms with E-state index in [-0.39, 0.29) is 5.91 Å². The number of amides is 2. The number of primary amides is 1. The number of carbonyl (C=O) groups excluding carboxylic acids is 2. The molecule has 0 atom stereocenters. The zero-order valence-corrected chi connectivity index (χ0v) is 13.3. The molecule has 2 rings (SSSR count). The summed E-state index contributed by atoms with van der Waals surface area (Å²) >= 11 is 2.71. The number of hydrogen-bond donors (Lipinski definition) is 2. The number of thioether (sulfide) groups is 1. The van der Waals surface area contributed by atoms with Crippen LogP contribution in [0.25, 0.3) is 0 Å². The van der Waals surface area contributed by atoms with Crippen molar-refractivity contribution in [1.82, 2.24) is 4.98 Å². The van der Waals surface area contributed by atoms with Gasteiger partial charge in [-0.25, -0.2) is 4.98 Å². The average molecular weight is 332 g/mol. The highest BCUT2D eigenvalue weighted by atomic mass is 32.2. The van der Waals surface area contributed by atoms with Crippen molar-refractivity contribution in [2.45, 2.75) is 11.1 Å². The van der Waals surface area contributed by atoms with Crippen molar-refractivity contribution in [3.63, 3.8) is 0 Å². The number of carbonyl (C=O) groups is 2. The summed E-state index contributed by atoms with van der Waals surface area (Å²) in [6.07, 6.45) is 0. The third-order valence-corrected chi connectivity index (χ3v) is 4.98. The van der Waals surface area contributed by atoms with Crippen LogP contribution in [0.2, 0.25) is 0 Å². The Kier molecular flexibility index (Phi) is 5.14. The van der Waals surface area contributed by atoms with Crippen LogP contribution in [0.3, 0.4) is 0 Å². The summed E-state index contributed by atoms with van der Waals surface area (Å²) in [6, 6.07) is 8.11. The number of nitrogens with two attached hydrogens (primary N) is 1. The molecule has 0 unspecified atom stereocenters. The molecule has 0 saturated heterocycles. The smallest absolute Gasteiger partial charge is 0.257 e. The molecule has 0 aliphatic carbocycles. The molecule has 1 heterocycles. The maximum Gasteiger partial charge on any atom is 0.257 e. The molecule has 8 heteroatoms. The highest BCUT2D eigenvalue weighted by molar-refractivity contribution is 8.01. The molecule has 3 N–H and O–H groups in total. The quantitative estimate of drug-likeness (QED) is 0.817. The molecule has 0 bridgehead atoms. The van der Waals surface area contributed by atoms with Gasteiger partial charge in [0.15, 0.2) is 5.13 Å². The Hall–Kier alpha value is -2.37. The molecule has 6 nitrogen and oxygen atoms in total. The van der Waals surface area contributed by atoms with Crippen LogP contribution in [0, 0.1) is 18.3 Å². The minimum atomic E-state index is -0.540. The summed E-state index contributed by atoms with van der Waals surface area (Å²) in [5.41, 5.74) is 6.68. The van der Waals surface area contributed by atoms with Crippen LogP contribution in [0.4, 0.5) is 5.13 Å². The first-order chi connectivity index (χ1) is 10.5. The van der Waals surface area contributed by atoms with E-state index < -0.39 is 5.91 Å². The van der Waals surface area contributed by atoms with Crippen LogP contribution in [-0.4, -0.2) is 22.6 Å². The lowest BCUT2D eigenvalue weighted by Crippen LogP contribution is -2.14. The molecule has 0 aliphatic rings. The van der Waals surface area contributed by atoms with Gasteiger partial charge in [-0.1, -0.05) is 23.1 Å². The molecular formula is C14H12N4O2S2. The fourth-order valence-electron chi connectivity index (χ4n) is 1.62. The second-order valence-electron chi connectivity index (χ2n) is 4.23. The Bertz CT molecular complexity index is 747. The predicted molar refractivity (Wildman–Crippen MR) is 86.1 cm³/mol. The largest absolute Gasteiger partial charge is 0.366 e. The van der Waals surface area contributed by atoms with E-state index >= 15 is 0 Å². The lowest BCUT2D eigenvalue weighted by Gasteiger charge is -2.02. The SMILES string of the molecule is Cc1nc(NC(=O)c2ccc(C(N)=O)cc2)sc1SCC#N. The van der Waals surface area contributed by atoms with Gasteiger partial charge >= 0.3 is 0 Å². The molecule has 0 radical (unpaired) electrons. The van der Waals surface area contributed by atoms with Gasteiger partial charge in [0.1, 0.15) is 0 Å². The van der Waals surface area contributed by atoms with E-state index in [0.29, 0.717) is 22.0 Å². The fourth-order valence-corrected chi connectivity index (χ4v) is 3.42. The van der Waals surface area contributed by atoms with E-state index in [4.69, 9.17) is 11.0 Å². The van der Waals surface area contributed by atoms with Crippen LogP contribution < -0.4 is 11.1 Å². The van der Waals surface area contributed by atoms with Crippen molar-refractivity contribution in [3.8, 4) is 6.07 Å². The van der Waals surface area contributed by atoms with Gasteiger partial charge in [0, 0.05) is 11.1 Å². The van der Waals surface area contributed by atoms with Crippen LogP contribution in [-0.2, 0) is 0 Å². The summed E-state index contributed by atoms with van der Waals surface area (Å²) in [6.45, 7) is 1.83. The first-order valence-corrected chi connectivity index (χ1v) is 8.00. The summed E-state index contributed by atoms with van der Waals surface area (Å²) in [5, 5.41) is 11.8. The standard InChI is InChI=1S/C14H12N4O2S2/c1-8-13(21-7-6-15)22-14(17-8)18-12(20)10-4-2-9(3-5-10)11(16)19/h2-5H,7H2,1H3,(H2,16,19)(H,17,18,20). The van der Waals surface area contributed by atoms with Crippen molar-refractivity contribution in [1.29, 1.82) is 5.26 Å². The van der Waals surface area contributed by atoms with E-state index in [2.05, 4.69) is 16.4 Å². The van der Waals surface area contributed by atoms with Gasteiger partial charge in [-0.05, 0) is 31.2 Å². The summed E-state index contributed by atoms with van der Waals surface area (Å²) in [5.74, 6) is -0.520. The van der Waals surface area contributed by atoms with Gasteiger partial charge in [0.25, 0.3) is 5.91 Å². The number of anilines is 1. The van der Waals surface area contributed by atoms with Crippen LogP contribution >= 0.6 is 23.1 Å². The molecule has 0 spiro atoms. The molecule has 2 amide bonds. The minimum Gasteiger partial charge on any atom is -0.366 e. The Balaban J connectivity index is 2.08. The first-order valence-electron chi connectivity index (χ1n) is 6.19. The van der Waals surface area contributed by atoms with Crippen molar-refractivity contribution in [3.05, 3.63) is 41.1 Å². The molecule has 22 heavy (non-hydrogen) atoms. The molecule has 0 aliphatic heterocycles. The second-order valence-corrected chi connectivity index (χ2v) is 6.48. The maximum atomic E-state index is 12.1. The van der Waals surface area contributed by atoms with Crippen molar-refractivity contribution >= 4 is 40.0 Å². The Labute approximate surface area is 135 Å². The molecule has 1 aromatic carbocycles. The summed E-state index contributed by atoms with van der Waals surface area (Å²) < 4.78 is 0.904. The number of benzene rings is 1. The molecule has 1 aromatic heterocycles. The van der Waals surface area contributed by atoms with Crippen molar-refractivity contribution in [2.75, 3.05) is 11.1 Å². The Morgan fingerprint density at radius 1 is 1.36 bits per heavy atom. The number of nitrogens with zero attached hydrogens (tertiary/aromatic N) is 2. The van der Waals surface area contributed by atoms with Gasteiger partial charge in [-0.15, -0.1) is 0 Å². The van der Waals surface area contributed by atoms with Gasteiger partial charge in [0.2, 0.25) is 5.91 Å². The number of nitriles is 1. The maximum absolute atomic E-state index is 12.1. The van der Waals surface area contributed by atoms with Gasteiger partial charge in [-0.2, -0.15) is 5.26 Å². The molecule has 112 valence electrons. The minimum absolute atomic E-state index is 0.318. The van der Waals surface area contributed by atoms with E-state index in [1.54, 1.807) is 0 Å². The Morgan fingerprint density at radius 2 is 2.00 bits per heavy atom. The number of hydrogen-bond acceptors (Lipinski definition) is 6.